The Morgan fingerprint density at radius 2 is 1.89 bits per heavy atom. The Labute approximate surface area is 153 Å². The van der Waals surface area contributed by atoms with Crippen molar-refractivity contribution in [3.8, 4) is 5.75 Å². The van der Waals surface area contributed by atoms with Crippen LogP contribution in [0.25, 0.3) is 11.0 Å². The molecule has 1 aliphatic heterocycles. The molecule has 27 heavy (non-hydrogen) atoms. The Kier molecular flexibility index (Phi) is 5.47. The minimum atomic E-state index is -1.68. The normalized spacial score (nSPS) is 28.1. The molecule has 9 nitrogen and oxygen atoms in total. The maximum atomic E-state index is 11.9. The van der Waals surface area contributed by atoms with Crippen LogP contribution in [0.5, 0.6) is 5.75 Å². The summed E-state index contributed by atoms with van der Waals surface area (Å²) in [6.07, 6.45) is -7.94. The van der Waals surface area contributed by atoms with E-state index >= 15 is 0 Å². The van der Waals surface area contributed by atoms with Crippen LogP contribution in [0.3, 0.4) is 0 Å². The second-order valence-corrected chi connectivity index (χ2v) is 6.17. The predicted molar refractivity (Wildman–Crippen MR) is 91.2 cm³/mol. The number of rotatable bonds is 4. The maximum absolute atomic E-state index is 11.9. The van der Waals surface area contributed by atoms with Gasteiger partial charge in [0.15, 0.2) is 6.10 Å². The van der Waals surface area contributed by atoms with Crippen LogP contribution >= 0.6 is 0 Å². The fourth-order valence-electron chi connectivity index (χ4n) is 2.88. The van der Waals surface area contributed by atoms with Crippen molar-refractivity contribution in [2.45, 2.75) is 44.6 Å². The summed E-state index contributed by atoms with van der Waals surface area (Å²) in [6.45, 7) is 3.39. The summed E-state index contributed by atoms with van der Waals surface area (Å²) in [6, 6.07) is 6.00. The molecule has 3 unspecified atom stereocenters. The molecule has 0 saturated carbocycles. The third kappa shape index (κ3) is 3.81. The molecular formula is C18H20O9. The number of ether oxygens (including phenoxy) is 3. The zero-order valence-electron chi connectivity index (χ0n) is 14.7. The molecule has 1 aromatic heterocycles. The second-order valence-electron chi connectivity index (χ2n) is 6.17. The highest BCUT2D eigenvalue weighted by molar-refractivity contribution is 5.81. The fourth-order valence-corrected chi connectivity index (χ4v) is 2.88. The number of hydrogen-bond donors (Lipinski definition) is 3. The van der Waals surface area contributed by atoms with Gasteiger partial charge >= 0.3 is 11.6 Å². The van der Waals surface area contributed by atoms with Gasteiger partial charge in [-0.05, 0) is 31.5 Å². The van der Waals surface area contributed by atoms with Crippen molar-refractivity contribution in [1.82, 2.24) is 0 Å². The highest BCUT2D eigenvalue weighted by atomic mass is 16.7. The minimum Gasteiger partial charge on any atom is -0.464 e. The summed E-state index contributed by atoms with van der Waals surface area (Å²) in [7, 11) is 0. The van der Waals surface area contributed by atoms with E-state index in [2.05, 4.69) is 0 Å². The molecule has 2 heterocycles. The average molecular weight is 380 g/mol. The van der Waals surface area contributed by atoms with Crippen molar-refractivity contribution < 1.29 is 38.7 Å². The fraction of sp³-hybridized carbons (Fsp3) is 0.444. The Hall–Kier alpha value is -2.46. The van der Waals surface area contributed by atoms with E-state index in [0.29, 0.717) is 5.39 Å². The first-order valence-electron chi connectivity index (χ1n) is 8.39. The molecule has 9 heteroatoms. The van der Waals surface area contributed by atoms with E-state index in [-0.39, 0.29) is 17.9 Å². The van der Waals surface area contributed by atoms with Gasteiger partial charge in [-0.15, -0.1) is 0 Å². The molecule has 1 fully saturated rings. The summed E-state index contributed by atoms with van der Waals surface area (Å²) in [4.78, 5) is 23.4. The van der Waals surface area contributed by atoms with Crippen molar-refractivity contribution in [2.24, 2.45) is 0 Å². The first-order valence-corrected chi connectivity index (χ1v) is 8.39. The number of fused-ring (bicyclic) bond motifs is 1. The molecule has 146 valence electrons. The lowest BCUT2D eigenvalue weighted by molar-refractivity contribution is -0.272. The summed E-state index contributed by atoms with van der Waals surface area (Å²) < 4.78 is 20.8. The van der Waals surface area contributed by atoms with Gasteiger partial charge in [-0.25, -0.2) is 9.59 Å². The van der Waals surface area contributed by atoms with Crippen LogP contribution in [0.2, 0.25) is 0 Å². The Morgan fingerprint density at radius 1 is 1.15 bits per heavy atom. The van der Waals surface area contributed by atoms with Crippen LogP contribution in [-0.4, -0.2) is 58.6 Å². The van der Waals surface area contributed by atoms with E-state index in [1.54, 1.807) is 26.0 Å². The largest absolute Gasteiger partial charge is 0.464 e. The predicted octanol–water partition coefficient (Wildman–Crippen LogP) is -0.149. The van der Waals surface area contributed by atoms with E-state index in [1.165, 1.54) is 12.1 Å². The monoisotopic (exact) mass is 380 g/mol. The molecule has 0 spiro atoms. The molecular weight excluding hydrogens is 360 g/mol. The van der Waals surface area contributed by atoms with Gasteiger partial charge in [0.1, 0.15) is 29.6 Å². The number of aliphatic hydroxyl groups is 3. The summed E-state index contributed by atoms with van der Waals surface area (Å²) in [5.41, 5.74) is 0.472. The zero-order valence-corrected chi connectivity index (χ0v) is 14.7. The van der Waals surface area contributed by atoms with Gasteiger partial charge in [0.25, 0.3) is 0 Å². The molecule has 1 aromatic carbocycles. The van der Waals surface area contributed by atoms with Gasteiger partial charge in [-0.3, -0.25) is 0 Å². The molecule has 1 aliphatic rings. The summed E-state index contributed by atoms with van der Waals surface area (Å²) >= 11 is 0. The molecule has 1 saturated heterocycles. The van der Waals surface area contributed by atoms with Gasteiger partial charge in [0.2, 0.25) is 6.29 Å². The van der Waals surface area contributed by atoms with Crippen LogP contribution in [0.15, 0.2) is 33.5 Å². The number of benzene rings is 1. The number of carbonyl (C=O) groups is 1. The van der Waals surface area contributed by atoms with Gasteiger partial charge in [0.05, 0.1) is 6.61 Å². The lowest BCUT2D eigenvalue weighted by Crippen LogP contribution is -2.61. The summed E-state index contributed by atoms with van der Waals surface area (Å²) in [5.74, 6) is -0.712. The van der Waals surface area contributed by atoms with E-state index < -0.39 is 42.3 Å². The third-order valence-electron chi connectivity index (χ3n) is 4.26. The maximum Gasteiger partial charge on any atom is 0.338 e. The van der Waals surface area contributed by atoms with Gasteiger partial charge < -0.3 is 33.9 Å². The first-order chi connectivity index (χ1) is 12.8. The van der Waals surface area contributed by atoms with Crippen molar-refractivity contribution in [1.29, 1.82) is 0 Å². The number of hydrogen-bond acceptors (Lipinski definition) is 9. The van der Waals surface area contributed by atoms with Crippen LogP contribution in [0.4, 0.5) is 0 Å². The number of carbonyl (C=O) groups excluding carboxylic acids is 1. The Bertz CT molecular complexity index is 890. The zero-order chi connectivity index (χ0) is 19.7. The lowest BCUT2D eigenvalue weighted by atomic mass is 9.99. The molecule has 2 aromatic rings. The van der Waals surface area contributed by atoms with E-state index in [4.69, 9.17) is 18.6 Å². The van der Waals surface area contributed by atoms with Gasteiger partial charge in [0, 0.05) is 17.5 Å². The highest BCUT2D eigenvalue weighted by Crippen LogP contribution is 2.27. The molecule has 0 radical (unpaired) electrons. The first kappa shape index (κ1) is 19.3. The molecule has 5 atom stereocenters. The molecule has 0 aliphatic carbocycles. The van der Waals surface area contributed by atoms with Crippen molar-refractivity contribution in [2.75, 3.05) is 6.61 Å². The topological polar surface area (TPSA) is 136 Å². The minimum absolute atomic E-state index is 0.0542. The summed E-state index contributed by atoms with van der Waals surface area (Å²) in [5, 5.41) is 30.8. The smallest absolute Gasteiger partial charge is 0.338 e. The number of aryl methyl sites for hydroxylation is 1. The molecule has 0 bridgehead atoms. The van der Waals surface area contributed by atoms with Crippen molar-refractivity contribution >= 4 is 16.9 Å². The van der Waals surface area contributed by atoms with Crippen LogP contribution < -0.4 is 10.4 Å². The average Bonchev–Trinajstić information content (AvgIpc) is 2.61. The Balaban J connectivity index is 1.86. The van der Waals surface area contributed by atoms with Crippen LogP contribution in [-0.2, 0) is 14.3 Å². The molecule has 3 rings (SSSR count). The SMILES string of the molecule is CCOC(=O)C1O[C@@H](Oc2ccc3c(C)cc(=O)oc3c2)C(O)C(O)[C@@H]1O. The quantitative estimate of drug-likeness (QED) is 0.489. The Morgan fingerprint density at radius 3 is 2.59 bits per heavy atom. The molecule has 0 amide bonds. The number of aliphatic hydroxyl groups excluding tert-OH is 3. The van der Waals surface area contributed by atoms with Gasteiger partial charge in [-0.2, -0.15) is 0 Å². The third-order valence-corrected chi connectivity index (χ3v) is 4.26. The molecule has 3 N–H and O–H groups in total. The van der Waals surface area contributed by atoms with E-state index in [0.717, 1.165) is 5.56 Å². The van der Waals surface area contributed by atoms with Crippen LogP contribution in [0.1, 0.15) is 12.5 Å². The highest BCUT2D eigenvalue weighted by Gasteiger charge is 2.48. The van der Waals surface area contributed by atoms with Crippen molar-refractivity contribution in [3.05, 3.63) is 40.2 Å². The van der Waals surface area contributed by atoms with E-state index in [1.807, 2.05) is 0 Å². The van der Waals surface area contributed by atoms with Crippen molar-refractivity contribution in [3.63, 3.8) is 0 Å². The van der Waals surface area contributed by atoms with Crippen LogP contribution in [0, 0.1) is 6.92 Å². The lowest BCUT2D eigenvalue weighted by Gasteiger charge is -2.38. The number of esters is 1. The van der Waals surface area contributed by atoms with E-state index in [9.17, 15) is 24.9 Å². The van der Waals surface area contributed by atoms with Gasteiger partial charge in [-0.1, -0.05) is 0 Å². The second kappa shape index (κ2) is 7.65. The standard InChI is InChI=1S/C18H20O9/c1-3-24-17(23)16-14(21)13(20)15(22)18(27-16)25-9-4-5-10-8(2)6-12(19)26-11(10)7-9/h4-7,13-16,18,20-22H,3H2,1-2H3/t13?,14-,15?,16?,18+/m0/s1.